The van der Waals surface area contributed by atoms with Crippen molar-refractivity contribution in [3.05, 3.63) is 58.6 Å². The summed E-state index contributed by atoms with van der Waals surface area (Å²) in [5.41, 5.74) is 0.642. The standard InChI is InChI=1S/C11H8Cl2O/c12-11(13)8-4-7-10(14)9-5-2-1-3-6-9/h1-8H/b7-4+. The van der Waals surface area contributed by atoms with E-state index in [1.807, 2.05) is 18.2 Å². The zero-order chi connectivity index (χ0) is 10.4. The Morgan fingerprint density at radius 1 is 1.14 bits per heavy atom. The second kappa shape index (κ2) is 5.63. The largest absolute Gasteiger partial charge is 0.289 e. The maximum Gasteiger partial charge on any atom is 0.185 e. The lowest BCUT2D eigenvalue weighted by Crippen LogP contribution is -1.92. The first-order chi connectivity index (χ1) is 6.70. The van der Waals surface area contributed by atoms with E-state index in [4.69, 9.17) is 23.2 Å². The highest BCUT2D eigenvalue weighted by molar-refractivity contribution is 6.56. The molecule has 0 saturated carbocycles. The molecule has 0 bridgehead atoms. The van der Waals surface area contributed by atoms with Crippen LogP contribution in [-0.4, -0.2) is 5.78 Å². The zero-order valence-corrected chi connectivity index (χ0v) is 8.79. The molecule has 0 unspecified atom stereocenters. The quantitative estimate of drug-likeness (QED) is 0.436. The van der Waals surface area contributed by atoms with Gasteiger partial charge in [-0.3, -0.25) is 4.79 Å². The highest BCUT2D eigenvalue weighted by Gasteiger charge is 1.97. The molecule has 1 aromatic rings. The Hall–Kier alpha value is -1.05. The zero-order valence-electron chi connectivity index (χ0n) is 7.28. The van der Waals surface area contributed by atoms with Gasteiger partial charge in [-0.2, -0.15) is 0 Å². The first-order valence-electron chi connectivity index (χ1n) is 3.99. The number of carbonyl (C=O) groups is 1. The molecule has 0 N–H and O–H groups in total. The molecular formula is C11H8Cl2O. The molecular weight excluding hydrogens is 219 g/mol. The number of allylic oxidation sites excluding steroid dienone is 3. The molecule has 0 saturated heterocycles. The number of ketones is 1. The summed E-state index contributed by atoms with van der Waals surface area (Å²) in [4.78, 5) is 11.4. The monoisotopic (exact) mass is 226 g/mol. The second-order valence-corrected chi connectivity index (χ2v) is 3.55. The van der Waals surface area contributed by atoms with Gasteiger partial charge in [0.25, 0.3) is 0 Å². The van der Waals surface area contributed by atoms with Crippen molar-refractivity contribution in [1.29, 1.82) is 0 Å². The third-order valence-corrected chi connectivity index (χ3v) is 1.78. The Morgan fingerprint density at radius 3 is 2.36 bits per heavy atom. The lowest BCUT2D eigenvalue weighted by atomic mass is 10.1. The van der Waals surface area contributed by atoms with Gasteiger partial charge in [0.15, 0.2) is 5.78 Å². The van der Waals surface area contributed by atoms with Gasteiger partial charge in [0.05, 0.1) is 0 Å². The Morgan fingerprint density at radius 2 is 1.79 bits per heavy atom. The van der Waals surface area contributed by atoms with E-state index in [1.165, 1.54) is 18.2 Å². The van der Waals surface area contributed by atoms with Crippen LogP contribution in [0.25, 0.3) is 0 Å². The summed E-state index contributed by atoms with van der Waals surface area (Å²) >= 11 is 10.7. The van der Waals surface area contributed by atoms with E-state index in [0.29, 0.717) is 5.56 Å². The summed E-state index contributed by atoms with van der Waals surface area (Å²) in [6.45, 7) is 0. The molecule has 0 spiro atoms. The number of hydrogen-bond acceptors (Lipinski definition) is 1. The predicted molar refractivity (Wildman–Crippen MR) is 59.7 cm³/mol. The highest BCUT2D eigenvalue weighted by atomic mass is 35.5. The minimum atomic E-state index is -0.0727. The van der Waals surface area contributed by atoms with Crippen LogP contribution in [0.1, 0.15) is 10.4 Å². The highest BCUT2D eigenvalue weighted by Crippen LogP contribution is 2.06. The molecule has 0 heterocycles. The fraction of sp³-hybridized carbons (Fsp3) is 0. The first kappa shape index (κ1) is 11.0. The van der Waals surface area contributed by atoms with Crippen LogP contribution in [0.4, 0.5) is 0 Å². The lowest BCUT2D eigenvalue weighted by Gasteiger charge is -1.92. The number of hydrogen-bond donors (Lipinski definition) is 0. The van der Waals surface area contributed by atoms with E-state index in [9.17, 15) is 4.79 Å². The van der Waals surface area contributed by atoms with Gasteiger partial charge in [-0.25, -0.2) is 0 Å². The average Bonchev–Trinajstić information content (AvgIpc) is 2.18. The van der Waals surface area contributed by atoms with Crippen LogP contribution in [0.15, 0.2) is 53.1 Å². The Balaban J connectivity index is 2.69. The number of rotatable bonds is 3. The molecule has 0 aliphatic carbocycles. The van der Waals surface area contributed by atoms with Crippen LogP contribution in [0.2, 0.25) is 0 Å². The van der Waals surface area contributed by atoms with E-state index in [1.54, 1.807) is 12.1 Å². The summed E-state index contributed by atoms with van der Waals surface area (Å²) < 4.78 is 0.127. The first-order valence-corrected chi connectivity index (χ1v) is 4.74. The van der Waals surface area contributed by atoms with Gasteiger partial charge in [-0.05, 0) is 12.2 Å². The van der Waals surface area contributed by atoms with Crippen molar-refractivity contribution in [3.63, 3.8) is 0 Å². The van der Waals surface area contributed by atoms with Crippen molar-refractivity contribution in [2.75, 3.05) is 0 Å². The summed E-state index contributed by atoms with van der Waals surface area (Å²) in [6.07, 6.45) is 4.38. The summed E-state index contributed by atoms with van der Waals surface area (Å²) in [7, 11) is 0. The van der Waals surface area contributed by atoms with Crippen LogP contribution < -0.4 is 0 Å². The van der Waals surface area contributed by atoms with Crippen molar-refractivity contribution in [2.45, 2.75) is 0 Å². The Kier molecular flexibility index (Phi) is 4.44. The normalized spacial score (nSPS) is 10.1. The maximum atomic E-state index is 11.4. The van der Waals surface area contributed by atoms with Crippen LogP contribution >= 0.6 is 23.2 Å². The lowest BCUT2D eigenvalue weighted by molar-refractivity contribution is 0.104. The third kappa shape index (κ3) is 3.77. The van der Waals surface area contributed by atoms with Gasteiger partial charge in [0.2, 0.25) is 0 Å². The predicted octanol–water partition coefficient (Wildman–Crippen LogP) is 3.74. The summed E-state index contributed by atoms with van der Waals surface area (Å²) in [6, 6.07) is 8.98. The average molecular weight is 227 g/mol. The maximum absolute atomic E-state index is 11.4. The molecule has 0 aliphatic rings. The van der Waals surface area contributed by atoms with Crippen LogP contribution in [0.5, 0.6) is 0 Å². The van der Waals surface area contributed by atoms with Crippen LogP contribution in [0.3, 0.4) is 0 Å². The van der Waals surface area contributed by atoms with Crippen LogP contribution in [-0.2, 0) is 0 Å². The van der Waals surface area contributed by atoms with Gasteiger partial charge < -0.3 is 0 Å². The van der Waals surface area contributed by atoms with E-state index in [0.717, 1.165) is 0 Å². The van der Waals surface area contributed by atoms with Gasteiger partial charge in [-0.15, -0.1) is 0 Å². The molecule has 1 rings (SSSR count). The molecule has 3 heteroatoms. The Bertz CT molecular complexity index is 362. The smallest absolute Gasteiger partial charge is 0.185 e. The van der Waals surface area contributed by atoms with Gasteiger partial charge >= 0.3 is 0 Å². The molecule has 0 aromatic heterocycles. The van der Waals surface area contributed by atoms with Crippen LogP contribution in [0, 0.1) is 0 Å². The summed E-state index contributed by atoms with van der Waals surface area (Å²) in [5.74, 6) is -0.0727. The molecule has 0 fully saturated rings. The van der Waals surface area contributed by atoms with Crippen molar-refractivity contribution in [3.8, 4) is 0 Å². The fourth-order valence-corrected chi connectivity index (χ4v) is 1.05. The third-order valence-electron chi connectivity index (χ3n) is 1.53. The fourth-order valence-electron chi connectivity index (χ4n) is 0.907. The van der Waals surface area contributed by atoms with Crippen molar-refractivity contribution < 1.29 is 4.79 Å². The SMILES string of the molecule is O=C(/C=C/C=C(Cl)Cl)c1ccccc1. The van der Waals surface area contributed by atoms with Crippen molar-refractivity contribution >= 4 is 29.0 Å². The molecule has 14 heavy (non-hydrogen) atoms. The topological polar surface area (TPSA) is 17.1 Å². The van der Waals surface area contributed by atoms with E-state index in [2.05, 4.69) is 0 Å². The Labute approximate surface area is 92.6 Å². The van der Waals surface area contributed by atoms with E-state index >= 15 is 0 Å². The molecule has 1 nitrogen and oxygen atoms in total. The molecule has 72 valence electrons. The molecule has 1 aromatic carbocycles. The minimum Gasteiger partial charge on any atom is -0.289 e. The van der Waals surface area contributed by atoms with Crippen molar-refractivity contribution in [1.82, 2.24) is 0 Å². The van der Waals surface area contributed by atoms with Crippen molar-refractivity contribution in [2.24, 2.45) is 0 Å². The second-order valence-electron chi connectivity index (χ2n) is 2.55. The minimum absolute atomic E-state index is 0.0727. The molecule has 0 amide bonds. The van der Waals surface area contributed by atoms with E-state index < -0.39 is 0 Å². The molecule has 0 radical (unpaired) electrons. The van der Waals surface area contributed by atoms with Gasteiger partial charge in [0, 0.05) is 5.56 Å². The molecule has 0 atom stereocenters. The van der Waals surface area contributed by atoms with E-state index in [-0.39, 0.29) is 10.3 Å². The van der Waals surface area contributed by atoms with Gasteiger partial charge in [0.1, 0.15) is 4.49 Å². The number of carbonyl (C=O) groups excluding carboxylic acids is 1. The summed E-state index contributed by atoms with van der Waals surface area (Å²) in [5, 5.41) is 0. The van der Waals surface area contributed by atoms with Gasteiger partial charge in [-0.1, -0.05) is 59.6 Å². The number of benzene rings is 1. The molecule has 0 aliphatic heterocycles. The number of halogens is 2.